The Morgan fingerprint density at radius 3 is 2.26 bits per heavy atom. The lowest BCUT2D eigenvalue weighted by atomic mass is 9.47. The van der Waals surface area contributed by atoms with Gasteiger partial charge in [-0.15, -0.1) is 0 Å². The third kappa shape index (κ3) is 5.15. The van der Waals surface area contributed by atoms with Crippen LogP contribution in [0.15, 0.2) is 12.1 Å². The fourth-order valence-electron chi connectivity index (χ4n) is 10.4. The van der Waals surface area contributed by atoms with Gasteiger partial charge in [-0.3, -0.25) is 19.2 Å². The summed E-state index contributed by atoms with van der Waals surface area (Å²) < 4.78 is 69.1. The number of fused-ring (bicyclic) bond motifs is 2. The maximum absolute atomic E-state index is 14.5. The first-order valence-corrected chi connectivity index (χ1v) is 16.2. The number of nitriles is 1. The van der Waals surface area contributed by atoms with Crippen molar-refractivity contribution in [1.29, 1.82) is 5.26 Å². The smallest absolute Gasteiger partial charge is 0.339 e. The topological polar surface area (TPSA) is 131 Å². The Morgan fingerprint density at radius 1 is 1.06 bits per heavy atom. The number of piperidine rings is 1. The van der Waals surface area contributed by atoms with Crippen LogP contribution in [0.2, 0.25) is 0 Å². The summed E-state index contributed by atoms with van der Waals surface area (Å²) in [6, 6.07) is -0.342. The van der Waals surface area contributed by atoms with E-state index in [1.165, 1.54) is 4.90 Å². The van der Waals surface area contributed by atoms with E-state index in [4.69, 9.17) is 0 Å². The highest BCUT2D eigenvalue weighted by Crippen LogP contribution is 2.66. The maximum Gasteiger partial charge on any atom is 0.471 e. The molecule has 5 aliphatic carbocycles. The van der Waals surface area contributed by atoms with Gasteiger partial charge in [0.05, 0.1) is 17.7 Å². The monoisotopic (exact) mass is 661 g/mol. The lowest BCUT2D eigenvalue weighted by Gasteiger charge is -2.59. The molecule has 8 rings (SSSR count). The van der Waals surface area contributed by atoms with Crippen LogP contribution in [0.1, 0.15) is 70.3 Å². The summed E-state index contributed by atoms with van der Waals surface area (Å²) in [6.07, 6.45) is -1.06. The van der Waals surface area contributed by atoms with E-state index in [0.717, 1.165) is 25.3 Å². The van der Waals surface area contributed by atoms with Gasteiger partial charge in [-0.2, -0.15) is 18.4 Å². The molecule has 0 spiro atoms. The highest BCUT2D eigenvalue weighted by atomic mass is 19.4. The Morgan fingerprint density at radius 2 is 1.68 bits per heavy atom. The standard InChI is InChI=1S/C33H36F5N5O4/c1-31(2)21-13-43(29(46)26(42-30(47)33(36,37)38)32-9-14-3-15(10-32)5-16(4-14)11-32)25(23(21)31)28(45)40-18(12-39)8-20-19-6-17(34)7-22(35)24(19)41-27(20)44/h6-7,14-16,18,20-21,23,25-26H,3-5,8-11,13H2,1-2H3,(H,40,45)(H,41,44)(H,42,47)/t14?,15?,16?,18-,20?,21-,23-,25-,26?,32?/m0/s1. The average molecular weight is 662 g/mol. The minimum Gasteiger partial charge on any atom is -0.339 e. The lowest BCUT2D eigenvalue weighted by molar-refractivity contribution is -0.179. The van der Waals surface area contributed by atoms with Crippen molar-refractivity contribution in [2.75, 3.05) is 11.9 Å². The van der Waals surface area contributed by atoms with Crippen LogP contribution in [-0.2, 0) is 19.2 Å². The first-order chi connectivity index (χ1) is 22.0. The average Bonchev–Trinajstić information content (AvgIpc) is 3.26. The molecule has 1 aromatic rings. The number of likely N-dealkylation sites (tertiary alicyclic amines) is 1. The van der Waals surface area contributed by atoms with Crippen LogP contribution in [0, 0.1) is 63.4 Å². The molecule has 9 nitrogen and oxygen atoms in total. The molecular weight excluding hydrogens is 625 g/mol. The molecule has 1 aromatic carbocycles. The predicted octanol–water partition coefficient (Wildman–Crippen LogP) is 4.15. The number of nitrogens with one attached hydrogen (secondary N) is 3. The van der Waals surface area contributed by atoms with Gasteiger partial charge in [-0.05, 0) is 91.6 Å². The molecule has 2 heterocycles. The van der Waals surface area contributed by atoms with E-state index in [1.807, 2.05) is 19.9 Å². The molecule has 4 amide bonds. The molecule has 252 valence electrons. The van der Waals surface area contributed by atoms with Crippen molar-refractivity contribution in [3.05, 3.63) is 29.3 Å². The Labute approximate surface area is 268 Å². The summed E-state index contributed by atoms with van der Waals surface area (Å²) >= 11 is 0. The number of hydrogen-bond donors (Lipinski definition) is 3. The lowest BCUT2D eigenvalue weighted by Crippen LogP contribution is -2.65. The number of carbonyl (C=O) groups is 4. The van der Waals surface area contributed by atoms with E-state index in [1.54, 1.807) is 0 Å². The third-order valence-corrected chi connectivity index (χ3v) is 12.2. The second kappa shape index (κ2) is 10.6. The highest BCUT2D eigenvalue weighted by molar-refractivity contribution is 6.03. The van der Waals surface area contributed by atoms with E-state index in [-0.39, 0.29) is 59.2 Å². The van der Waals surface area contributed by atoms with Gasteiger partial charge in [-0.1, -0.05) is 13.8 Å². The fourth-order valence-corrected chi connectivity index (χ4v) is 10.4. The Bertz CT molecular complexity index is 1570. The van der Waals surface area contributed by atoms with Crippen molar-refractivity contribution in [3.8, 4) is 6.07 Å². The predicted molar refractivity (Wildman–Crippen MR) is 155 cm³/mol. The highest BCUT2D eigenvalue weighted by Gasteiger charge is 2.70. The summed E-state index contributed by atoms with van der Waals surface area (Å²) in [5.74, 6) is -6.99. The molecule has 0 aromatic heterocycles. The minimum absolute atomic E-state index is 0.0156. The Kier molecular flexibility index (Phi) is 7.19. The zero-order chi connectivity index (χ0) is 33.8. The second-order valence-electron chi connectivity index (χ2n) is 15.4. The third-order valence-electron chi connectivity index (χ3n) is 12.2. The zero-order valence-electron chi connectivity index (χ0n) is 25.9. The Hall–Kier alpha value is -3.76. The minimum atomic E-state index is -5.20. The van der Waals surface area contributed by atoms with Gasteiger partial charge in [0.15, 0.2) is 0 Å². The number of rotatable bonds is 7. The number of anilines is 1. The van der Waals surface area contributed by atoms with Crippen molar-refractivity contribution in [2.24, 2.45) is 40.4 Å². The van der Waals surface area contributed by atoms with Crippen molar-refractivity contribution in [1.82, 2.24) is 15.5 Å². The van der Waals surface area contributed by atoms with E-state index < -0.39 is 70.9 Å². The van der Waals surface area contributed by atoms with Gasteiger partial charge in [0, 0.05) is 18.0 Å². The Balaban J connectivity index is 1.15. The van der Waals surface area contributed by atoms with Gasteiger partial charge in [0.25, 0.3) is 0 Å². The van der Waals surface area contributed by atoms with Crippen molar-refractivity contribution >= 4 is 29.3 Å². The molecule has 7 aliphatic rings. The number of hydrogen-bond acceptors (Lipinski definition) is 5. The zero-order valence-corrected chi connectivity index (χ0v) is 25.9. The number of halogens is 5. The number of amides is 4. The van der Waals surface area contributed by atoms with Gasteiger partial charge in [0.2, 0.25) is 17.7 Å². The van der Waals surface area contributed by atoms with Crippen LogP contribution in [0.25, 0.3) is 0 Å². The summed E-state index contributed by atoms with van der Waals surface area (Å²) in [5.41, 5.74) is -1.40. The SMILES string of the molecule is CC1(C)[C@@H]2[C@@H](C(=O)N[C@H](C#N)CC3C(=O)Nc4c(F)cc(F)cc43)N(C(=O)C(NC(=O)C(F)(F)F)C34CC5CC(CC(C5)C3)C4)C[C@@H]21. The van der Waals surface area contributed by atoms with E-state index in [9.17, 15) is 46.4 Å². The summed E-state index contributed by atoms with van der Waals surface area (Å²) in [7, 11) is 0. The first kappa shape index (κ1) is 31.8. The first-order valence-electron chi connectivity index (χ1n) is 16.2. The summed E-state index contributed by atoms with van der Waals surface area (Å²) in [5, 5.41) is 17.0. The summed E-state index contributed by atoms with van der Waals surface area (Å²) in [4.78, 5) is 54.8. The number of carbonyl (C=O) groups excluding carboxylic acids is 4. The van der Waals surface area contributed by atoms with Gasteiger partial charge in [-0.25, -0.2) is 8.78 Å². The van der Waals surface area contributed by atoms with E-state index in [2.05, 4.69) is 16.0 Å². The molecule has 3 N–H and O–H groups in total. The molecule has 47 heavy (non-hydrogen) atoms. The molecule has 0 radical (unpaired) electrons. The molecular formula is C33H36F5N5O4. The molecule has 4 bridgehead atoms. The quantitative estimate of drug-likeness (QED) is 0.378. The molecule has 1 saturated heterocycles. The molecule has 14 heteroatoms. The molecule has 2 aliphatic heterocycles. The van der Waals surface area contributed by atoms with Crippen LogP contribution in [0.3, 0.4) is 0 Å². The van der Waals surface area contributed by atoms with Gasteiger partial charge >= 0.3 is 12.1 Å². The van der Waals surface area contributed by atoms with Gasteiger partial charge in [0.1, 0.15) is 29.8 Å². The number of alkyl halides is 3. The van der Waals surface area contributed by atoms with E-state index in [0.29, 0.717) is 25.3 Å². The van der Waals surface area contributed by atoms with Gasteiger partial charge < -0.3 is 20.9 Å². The van der Waals surface area contributed by atoms with Crippen LogP contribution < -0.4 is 16.0 Å². The van der Waals surface area contributed by atoms with Crippen LogP contribution in [0.5, 0.6) is 0 Å². The van der Waals surface area contributed by atoms with Crippen LogP contribution in [-0.4, -0.2) is 59.4 Å². The summed E-state index contributed by atoms with van der Waals surface area (Å²) in [6.45, 7) is 3.96. The second-order valence-corrected chi connectivity index (χ2v) is 15.4. The largest absolute Gasteiger partial charge is 0.471 e. The normalized spacial score (nSPS) is 35.3. The van der Waals surface area contributed by atoms with Crippen molar-refractivity contribution in [3.63, 3.8) is 0 Å². The fraction of sp³-hybridized carbons (Fsp3) is 0.667. The molecule has 2 unspecified atom stereocenters. The van der Waals surface area contributed by atoms with Crippen LogP contribution in [0.4, 0.5) is 27.6 Å². The van der Waals surface area contributed by atoms with Crippen molar-refractivity contribution < 1.29 is 41.1 Å². The molecule has 6 fully saturated rings. The van der Waals surface area contributed by atoms with E-state index >= 15 is 0 Å². The number of nitrogens with zero attached hydrogens (tertiary/aromatic N) is 2. The van der Waals surface area contributed by atoms with Crippen LogP contribution >= 0.6 is 0 Å². The number of benzene rings is 1. The molecule has 6 atom stereocenters. The maximum atomic E-state index is 14.5. The molecule has 5 saturated carbocycles. The van der Waals surface area contributed by atoms with Crippen molar-refractivity contribution in [2.45, 2.75) is 89.0 Å².